The predicted octanol–water partition coefficient (Wildman–Crippen LogP) is 3.45. The summed E-state index contributed by atoms with van der Waals surface area (Å²) in [6.45, 7) is 3.99. The van der Waals surface area contributed by atoms with Crippen LogP contribution >= 0.6 is 31.9 Å². The third-order valence-corrected chi connectivity index (χ3v) is 3.31. The highest BCUT2D eigenvalue weighted by Crippen LogP contribution is 2.24. The molecule has 0 aliphatic heterocycles. The zero-order chi connectivity index (χ0) is 13.0. The number of phenolic OH excluding ortho intramolecular Hbond substituents is 1. The topological polar surface area (TPSA) is 49.3 Å². The minimum absolute atomic E-state index is 0.0687. The molecule has 2 unspecified atom stereocenters. The molecule has 94 valence electrons. The third kappa shape index (κ3) is 4.68. The monoisotopic (exact) mass is 363 g/mol. The van der Waals surface area contributed by atoms with Crippen molar-refractivity contribution in [1.82, 2.24) is 5.32 Å². The third-order valence-electron chi connectivity index (χ3n) is 2.26. The molecule has 0 aromatic heterocycles. The first-order valence-electron chi connectivity index (χ1n) is 5.33. The van der Waals surface area contributed by atoms with Crippen molar-refractivity contribution in [3.8, 4) is 5.75 Å². The second-order valence-corrected chi connectivity index (χ2v) is 6.47. The minimum atomic E-state index is -0.173. The van der Waals surface area contributed by atoms with Gasteiger partial charge in [-0.2, -0.15) is 0 Å². The molecule has 0 heterocycles. The van der Waals surface area contributed by atoms with Crippen LogP contribution < -0.4 is 5.32 Å². The number of alkyl halides is 1. The average Bonchev–Trinajstić information content (AvgIpc) is 2.20. The highest BCUT2D eigenvalue weighted by Gasteiger charge is 2.12. The van der Waals surface area contributed by atoms with Crippen LogP contribution in [0, 0.1) is 0 Å². The highest BCUT2D eigenvalue weighted by atomic mass is 79.9. The van der Waals surface area contributed by atoms with Crippen molar-refractivity contribution in [2.45, 2.75) is 31.1 Å². The Morgan fingerprint density at radius 3 is 2.65 bits per heavy atom. The van der Waals surface area contributed by atoms with Gasteiger partial charge in [-0.05, 0) is 47.5 Å². The molecular weight excluding hydrogens is 350 g/mol. The Bertz CT molecular complexity index is 407. The van der Waals surface area contributed by atoms with Gasteiger partial charge in [-0.15, -0.1) is 0 Å². The van der Waals surface area contributed by atoms with Gasteiger partial charge >= 0.3 is 0 Å². The highest BCUT2D eigenvalue weighted by molar-refractivity contribution is 9.10. The number of aromatic hydroxyl groups is 1. The van der Waals surface area contributed by atoms with Gasteiger partial charge in [0.25, 0.3) is 5.91 Å². The van der Waals surface area contributed by atoms with E-state index in [0.717, 1.165) is 6.42 Å². The van der Waals surface area contributed by atoms with Crippen molar-refractivity contribution >= 4 is 37.8 Å². The first-order valence-corrected chi connectivity index (χ1v) is 7.04. The first-order chi connectivity index (χ1) is 7.90. The molecule has 17 heavy (non-hydrogen) atoms. The zero-order valence-corrected chi connectivity index (χ0v) is 12.9. The molecule has 0 bridgehead atoms. The lowest BCUT2D eigenvalue weighted by molar-refractivity contribution is 0.0938. The van der Waals surface area contributed by atoms with E-state index in [-0.39, 0.29) is 17.7 Å². The summed E-state index contributed by atoms with van der Waals surface area (Å²) in [6, 6.07) is 4.86. The fourth-order valence-electron chi connectivity index (χ4n) is 1.51. The lowest BCUT2D eigenvalue weighted by Crippen LogP contribution is -2.33. The molecule has 0 spiro atoms. The van der Waals surface area contributed by atoms with Gasteiger partial charge < -0.3 is 10.4 Å². The number of benzene rings is 1. The molecular formula is C12H15Br2NO2. The van der Waals surface area contributed by atoms with Crippen molar-refractivity contribution in [2.24, 2.45) is 0 Å². The molecule has 0 radical (unpaired) electrons. The number of nitrogens with one attached hydrogen (secondary N) is 1. The number of hydrogen-bond donors (Lipinski definition) is 2. The van der Waals surface area contributed by atoms with E-state index in [4.69, 9.17) is 0 Å². The molecule has 0 saturated heterocycles. The molecule has 0 fully saturated rings. The van der Waals surface area contributed by atoms with Crippen LogP contribution in [0.25, 0.3) is 0 Å². The largest absolute Gasteiger partial charge is 0.507 e. The van der Waals surface area contributed by atoms with E-state index in [1.807, 2.05) is 13.8 Å². The lowest BCUT2D eigenvalue weighted by atomic mass is 10.1. The number of rotatable bonds is 4. The Morgan fingerprint density at radius 2 is 2.12 bits per heavy atom. The first kappa shape index (κ1) is 14.5. The summed E-state index contributed by atoms with van der Waals surface area (Å²) >= 11 is 6.62. The van der Waals surface area contributed by atoms with E-state index in [1.165, 1.54) is 6.07 Å². The van der Waals surface area contributed by atoms with Gasteiger partial charge in [0.2, 0.25) is 0 Å². The standard InChI is InChI=1S/C12H15Br2NO2/c1-7(13)5-8(2)15-12(17)9-3-4-10(14)11(16)6-9/h3-4,6-8,16H,5H2,1-2H3,(H,15,17). The number of carbonyl (C=O) groups excluding carboxylic acids is 1. The van der Waals surface area contributed by atoms with Gasteiger partial charge in [0.05, 0.1) is 4.47 Å². The number of hydrogen-bond acceptors (Lipinski definition) is 2. The van der Waals surface area contributed by atoms with E-state index in [0.29, 0.717) is 14.9 Å². The predicted molar refractivity (Wildman–Crippen MR) is 75.7 cm³/mol. The molecule has 2 atom stereocenters. The average molecular weight is 365 g/mol. The van der Waals surface area contributed by atoms with E-state index in [2.05, 4.69) is 37.2 Å². The maximum Gasteiger partial charge on any atom is 0.251 e. The smallest absolute Gasteiger partial charge is 0.251 e. The van der Waals surface area contributed by atoms with Crippen LogP contribution in [0.15, 0.2) is 22.7 Å². The Balaban J connectivity index is 2.66. The van der Waals surface area contributed by atoms with Crippen LogP contribution in [-0.2, 0) is 0 Å². The van der Waals surface area contributed by atoms with Crippen molar-refractivity contribution in [1.29, 1.82) is 0 Å². The minimum Gasteiger partial charge on any atom is -0.507 e. The van der Waals surface area contributed by atoms with Gasteiger partial charge in [0.15, 0.2) is 0 Å². The molecule has 3 nitrogen and oxygen atoms in total. The van der Waals surface area contributed by atoms with Crippen LogP contribution in [0.2, 0.25) is 0 Å². The number of phenols is 1. The molecule has 0 saturated carbocycles. The molecule has 5 heteroatoms. The summed E-state index contributed by atoms with van der Waals surface area (Å²) < 4.78 is 0.580. The van der Waals surface area contributed by atoms with E-state index in [1.54, 1.807) is 12.1 Å². The molecule has 1 amide bonds. The van der Waals surface area contributed by atoms with Crippen LogP contribution in [0.4, 0.5) is 0 Å². The van der Waals surface area contributed by atoms with Gasteiger partial charge in [-0.25, -0.2) is 0 Å². The fraction of sp³-hybridized carbons (Fsp3) is 0.417. The van der Waals surface area contributed by atoms with E-state index in [9.17, 15) is 9.90 Å². The van der Waals surface area contributed by atoms with Crippen LogP contribution in [0.5, 0.6) is 5.75 Å². The maximum atomic E-state index is 11.8. The SMILES string of the molecule is CC(Br)CC(C)NC(=O)c1ccc(Br)c(O)c1. The number of halogens is 2. The summed E-state index contributed by atoms with van der Waals surface area (Å²) in [5, 5.41) is 12.4. The summed E-state index contributed by atoms with van der Waals surface area (Å²) in [5.41, 5.74) is 0.458. The van der Waals surface area contributed by atoms with Crippen LogP contribution in [-0.4, -0.2) is 21.9 Å². The van der Waals surface area contributed by atoms with Gasteiger partial charge in [-0.1, -0.05) is 22.9 Å². The summed E-state index contributed by atoms with van der Waals surface area (Å²) in [7, 11) is 0. The Hall–Kier alpha value is -0.550. The second kappa shape index (κ2) is 6.40. The molecule has 1 rings (SSSR count). The van der Waals surface area contributed by atoms with Gasteiger partial charge in [0, 0.05) is 16.4 Å². The van der Waals surface area contributed by atoms with Crippen molar-refractivity contribution < 1.29 is 9.90 Å². The van der Waals surface area contributed by atoms with Gasteiger partial charge in [0.1, 0.15) is 5.75 Å². The van der Waals surface area contributed by atoms with Crippen LogP contribution in [0.1, 0.15) is 30.6 Å². The molecule has 1 aromatic carbocycles. The Kier molecular flexibility index (Phi) is 5.46. The normalized spacial score (nSPS) is 14.1. The summed E-state index contributed by atoms with van der Waals surface area (Å²) in [6.07, 6.45) is 0.855. The Labute approximate surface area is 118 Å². The number of amides is 1. The molecule has 1 aromatic rings. The fourth-order valence-corrected chi connectivity index (χ4v) is 2.31. The zero-order valence-electron chi connectivity index (χ0n) is 9.71. The quantitative estimate of drug-likeness (QED) is 0.804. The maximum absolute atomic E-state index is 11.8. The number of carbonyl (C=O) groups is 1. The Morgan fingerprint density at radius 1 is 1.47 bits per heavy atom. The summed E-state index contributed by atoms with van der Waals surface area (Å²) in [5.74, 6) is -0.104. The lowest BCUT2D eigenvalue weighted by Gasteiger charge is -2.15. The second-order valence-electron chi connectivity index (χ2n) is 4.06. The van der Waals surface area contributed by atoms with Crippen LogP contribution in [0.3, 0.4) is 0 Å². The van der Waals surface area contributed by atoms with Crippen molar-refractivity contribution in [3.63, 3.8) is 0 Å². The molecule has 0 aliphatic rings. The molecule has 2 N–H and O–H groups in total. The van der Waals surface area contributed by atoms with E-state index < -0.39 is 0 Å². The van der Waals surface area contributed by atoms with Crippen molar-refractivity contribution in [3.05, 3.63) is 28.2 Å². The van der Waals surface area contributed by atoms with E-state index >= 15 is 0 Å². The molecule has 0 aliphatic carbocycles. The van der Waals surface area contributed by atoms with Gasteiger partial charge in [-0.3, -0.25) is 4.79 Å². The summed E-state index contributed by atoms with van der Waals surface area (Å²) in [4.78, 5) is 12.2. The van der Waals surface area contributed by atoms with Crippen molar-refractivity contribution in [2.75, 3.05) is 0 Å².